The third-order valence-corrected chi connectivity index (χ3v) is 10.6. The summed E-state index contributed by atoms with van der Waals surface area (Å²) >= 11 is 0. The number of methoxy groups -OCH3 is 1. The maximum Gasteiger partial charge on any atom is 0.138 e. The lowest BCUT2D eigenvalue weighted by Gasteiger charge is -2.57. The summed E-state index contributed by atoms with van der Waals surface area (Å²) in [5.74, 6) is 5.36. The fourth-order valence-electron chi connectivity index (χ4n) is 9.31. The number of hydrogen-bond acceptors (Lipinski definition) is 4. The predicted molar refractivity (Wildman–Crippen MR) is 124 cm³/mol. The summed E-state index contributed by atoms with van der Waals surface area (Å²) in [6, 6.07) is 4.12. The molecule has 5 heteroatoms. The number of nitriles is 1. The van der Waals surface area contributed by atoms with Gasteiger partial charge in [0.25, 0.3) is 0 Å². The molecule has 32 heavy (non-hydrogen) atoms. The van der Waals surface area contributed by atoms with Crippen LogP contribution in [0.2, 0.25) is 0 Å². The van der Waals surface area contributed by atoms with E-state index in [0.29, 0.717) is 29.6 Å². The molecule has 0 aromatic carbocycles. The number of ether oxygens (including phenoxy) is 1. The second-order valence-electron chi connectivity index (χ2n) is 12.1. The summed E-state index contributed by atoms with van der Waals surface area (Å²) in [6.45, 7) is 6.34. The zero-order valence-electron chi connectivity index (χ0n) is 20.2. The number of aliphatic hydroxyl groups is 1. The average molecular weight is 440 g/mol. The molecule has 1 aromatic rings. The first-order valence-electron chi connectivity index (χ1n) is 13.0. The van der Waals surface area contributed by atoms with Crippen molar-refractivity contribution in [3.8, 4) is 6.07 Å². The highest BCUT2D eigenvalue weighted by Gasteiger charge is 2.58. The molecule has 1 N–H and O–H groups in total. The third-order valence-electron chi connectivity index (χ3n) is 10.6. The Morgan fingerprint density at radius 2 is 2.00 bits per heavy atom. The van der Waals surface area contributed by atoms with Gasteiger partial charge in [-0.2, -0.15) is 10.4 Å². The van der Waals surface area contributed by atoms with Crippen LogP contribution in [0.3, 0.4) is 0 Å². The molecular weight excluding hydrogens is 398 g/mol. The van der Waals surface area contributed by atoms with E-state index in [1.54, 1.807) is 13.3 Å². The Kier molecular flexibility index (Phi) is 5.91. The van der Waals surface area contributed by atoms with Crippen molar-refractivity contribution in [3.63, 3.8) is 0 Å². The Bertz CT molecular complexity index is 861. The molecule has 5 rings (SSSR count). The Hall–Kier alpha value is -1.38. The Balaban J connectivity index is 1.29. The van der Waals surface area contributed by atoms with Crippen molar-refractivity contribution >= 4 is 0 Å². The van der Waals surface area contributed by atoms with Crippen LogP contribution in [-0.2, 0) is 11.3 Å². The highest BCUT2D eigenvalue weighted by atomic mass is 16.5. The van der Waals surface area contributed by atoms with Crippen LogP contribution in [0.15, 0.2) is 12.3 Å². The second-order valence-corrected chi connectivity index (χ2v) is 12.1. The zero-order valence-corrected chi connectivity index (χ0v) is 20.2. The molecule has 4 saturated carbocycles. The van der Waals surface area contributed by atoms with Crippen molar-refractivity contribution in [2.45, 2.75) is 83.8 Å². The number of nitrogens with zero attached hydrogens (tertiary/aromatic N) is 3. The fourth-order valence-corrected chi connectivity index (χ4v) is 9.31. The molecule has 4 fully saturated rings. The molecule has 5 nitrogen and oxygen atoms in total. The summed E-state index contributed by atoms with van der Waals surface area (Å²) in [5.41, 5.74) is 0.525. The smallest absolute Gasteiger partial charge is 0.138 e. The summed E-state index contributed by atoms with van der Waals surface area (Å²) in [4.78, 5) is 0. The molecule has 4 aliphatic rings. The highest BCUT2D eigenvalue weighted by Crippen LogP contribution is 2.65. The molecule has 0 saturated heterocycles. The molecule has 0 amide bonds. The number of aromatic nitrogens is 2. The quantitative estimate of drug-likeness (QED) is 0.698. The van der Waals surface area contributed by atoms with E-state index in [1.807, 2.05) is 10.7 Å². The number of rotatable bonds is 5. The average Bonchev–Trinajstić information content (AvgIpc) is 3.36. The van der Waals surface area contributed by atoms with Gasteiger partial charge in [0.1, 0.15) is 11.8 Å². The molecule has 9 atom stereocenters. The van der Waals surface area contributed by atoms with Crippen LogP contribution < -0.4 is 0 Å². The fraction of sp³-hybridized carbons (Fsp3) is 0.852. The van der Waals surface area contributed by atoms with Crippen LogP contribution >= 0.6 is 0 Å². The Morgan fingerprint density at radius 3 is 2.78 bits per heavy atom. The van der Waals surface area contributed by atoms with Crippen molar-refractivity contribution in [2.24, 2.45) is 46.8 Å². The van der Waals surface area contributed by atoms with E-state index in [0.717, 1.165) is 49.0 Å². The SMILES string of the molecule is COC[C@@]1(O)CC[C@H]2[C@H](CC[C@@H]3[C@@H]2CC[C@]2(C)[C@@H]([C@H](C)Cn4nccc4C#N)CC[C@@H]32)C1. The van der Waals surface area contributed by atoms with E-state index in [-0.39, 0.29) is 0 Å². The van der Waals surface area contributed by atoms with Crippen LogP contribution in [0.25, 0.3) is 0 Å². The van der Waals surface area contributed by atoms with Crippen molar-refractivity contribution in [1.82, 2.24) is 9.78 Å². The van der Waals surface area contributed by atoms with Gasteiger partial charge in [0.05, 0.1) is 18.4 Å². The molecule has 1 heterocycles. The maximum absolute atomic E-state index is 11.0. The van der Waals surface area contributed by atoms with Crippen LogP contribution in [0, 0.1) is 58.2 Å². The standard InChI is InChI=1S/C27H41N3O2/c1-18(16-30-20(15-28)10-13-29-30)24-6-7-25-23-5-4-19-14-27(31,17-32-3)12-9-21(19)22(23)8-11-26(24,25)2/h10,13,18-19,21-25,31H,4-9,11-12,14,16-17H2,1-3H3/t18-,19-,21+,22-,23-,24-,25+,26-,27-/m1/s1. The van der Waals surface area contributed by atoms with E-state index < -0.39 is 5.60 Å². The summed E-state index contributed by atoms with van der Waals surface area (Å²) < 4.78 is 7.27. The van der Waals surface area contributed by atoms with Crippen LogP contribution in [0.1, 0.15) is 77.3 Å². The first-order valence-corrected chi connectivity index (χ1v) is 13.0. The van der Waals surface area contributed by atoms with Crippen molar-refractivity contribution in [1.29, 1.82) is 5.26 Å². The van der Waals surface area contributed by atoms with Gasteiger partial charge in [0.15, 0.2) is 0 Å². The Morgan fingerprint density at radius 1 is 1.19 bits per heavy atom. The van der Waals surface area contributed by atoms with Crippen molar-refractivity contribution < 1.29 is 9.84 Å². The lowest BCUT2D eigenvalue weighted by molar-refractivity contribution is -0.126. The lowest BCUT2D eigenvalue weighted by atomic mass is 9.48. The van der Waals surface area contributed by atoms with Gasteiger partial charge in [-0.25, -0.2) is 0 Å². The van der Waals surface area contributed by atoms with E-state index in [1.165, 1.54) is 44.9 Å². The molecule has 0 aliphatic heterocycles. The first-order chi connectivity index (χ1) is 15.4. The van der Waals surface area contributed by atoms with Crippen LogP contribution in [-0.4, -0.2) is 34.2 Å². The molecule has 176 valence electrons. The zero-order chi connectivity index (χ0) is 22.5. The Labute approximate surface area is 193 Å². The molecule has 1 aromatic heterocycles. The van der Waals surface area contributed by atoms with Crippen LogP contribution in [0.5, 0.6) is 0 Å². The van der Waals surface area contributed by atoms with Crippen LogP contribution in [0.4, 0.5) is 0 Å². The molecular formula is C27H41N3O2. The second kappa shape index (κ2) is 8.44. The van der Waals surface area contributed by atoms with Crippen molar-refractivity contribution in [3.05, 3.63) is 18.0 Å². The summed E-state index contributed by atoms with van der Waals surface area (Å²) in [7, 11) is 1.72. The monoisotopic (exact) mass is 439 g/mol. The normalized spacial score (nSPS) is 44.2. The van der Waals surface area contributed by atoms with Gasteiger partial charge >= 0.3 is 0 Å². The molecule has 0 bridgehead atoms. The third kappa shape index (κ3) is 3.62. The van der Waals surface area contributed by atoms with E-state index in [9.17, 15) is 10.4 Å². The minimum absolute atomic E-state index is 0.429. The van der Waals surface area contributed by atoms with Gasteiger partial charge in [-0.1, -0.05) is 13.8 Å². The minimum atomic E-state index is -0.589. The topological polar surface area (TPSA) is 71.1 Å². The van der Waals surface area contributed by atoms with E-state index >= 15 is 0 Å². The van der Waals surface area contributed by atoms with E-state index in [4.69, 9.17) is 4.74 Å². The molecule has 0 unspecified atom stereocenters. The van der Waals surface area contributed by atoms with Gasteiger partial charge in [-0.05, 0) is 111 Å². The first kappa shape index (κ1) is 22.4. The van der Waals surface area contributed by atoms with Gasteiger partial charge < -0.3 is 9.84 Å². The molecule has 4 aliphatic carbocycles. The predicted octanol–water partition coefficient (Wildman–Crippen LogP) is 5.04. The number of fused-ring (bicyclic) bond motifs is 5. The van der Waals surface area contributed by atoms with Gasteiger partial charge in [-0.15, -0.1) is 0 Å². The molecule has 0 radical (unpaired) electrons. The lowest BCUT2D eigenvalue weighted by Crippen LogP contribution is -2.52. The van der Waals surface area contributed by atoms with E-state index in [2.05, 4.69) is 25.0 Å². The summed E-state index contributed by atoms with van der Waals surface area (Å²) in [5, 5.41) is 24.8. The maximum atomic E-state index is 11.0. The van der Waals surface area contributed by atoms with Crippen molar-refractivity contribution in [2.75, 3.05) is 13.7 Å². The highest BCUT2D eigenvalue weighted by molar-refractivity contribution is 5.18. The number of hydrogen-bond donors (Lipinski definition) is 1. The summed E-state index contributed by atoms with van der Waals surface area (Å²) in [6.07, 6.45) is 12.9. The molecule has 0 spiro atoms. The largest absolute Gasteiger partial charge is 0.387 e. The van der Waals surface area contributed by atoms with Gasteiger partial charge in [0, 0.05) is 13.7 Å². The van der Waals surface area contributed by atoms with Gasteiger partial charge in [0.2, 0.25) is 0 Å². The van der Waals surface area contributed by atoms with Gasteiger partial charge in [-0.3, -0.25) is 4.68 Å². The minimum Gasteiger partial charge on any atom is -0.387 e.